The van der Waals surface area contributed by atoms with Crippen LogP contribution in [0.5, 0.6) is 0 Å². The Bertz CT molecular complexity index is 1700. The maximum Gasteiger partial charge on any atom is 0.553 e. The summed E-state index contributed by atoms with van der Waals surface area (Å²) in [7, 11) is 1.93. The third kappa shape index (κ3) is 6.03. The van der Waals surface area contributed by atoms with Crippen molar-refractivity contribution in [3.63, 3.8) is 0 Å². The molecule has 0 spiro atoms. The fraction of sp³-hybridized carbons (Fsp3) is 0.226. The first-order valence-electron chi connectivity index (χ1n) is 14.1. The summed E-state index contributed by atoms with van der Waals surface area (Å²) in [6, 6.07) is 14.9. The molecule has 0 unspecified atom stereocenters. The Morgan fingerprint density at radius 2 is 1.84 bits per heavy atom. The van der Waals surface area contributed by atoms with E-state index in [0.29, 0.717) is 23.0 Å². The third-order valence-electron chi connectivity index (χ3n) is 7.78. The van der Waals surface area contributed by atoms with E-state index in [4.69, 9.17) is 22.4 Å². The van der Waals surface area contributed by atoms with Crippen molar-refractivity contribution in [1.29, 1.82) is 0 Å². The number of hydrogen-bond acceptors (Lipinski definition) is 5. The van der Waals surface area contributed by atoms with Crippen LogP contribution in [0.25, 0.3) is 5.57 Å². The number of carbonyl (C=O) groups excluding carboxylic acids is 1. The summed E-state index contributed by atoms with van der Waals surface area (Å²) in [5.74, 6) is 5.80. The van der Waals surface area contributed by atoms with Gasteiger partial charge in [-0.25, -0.2) is 13.8 Å². The van der Waals surface area contributed by atoms with E-state index in [1.807, 2.05) is 65.1 Å². The number of nitrogens with two attached hydrogens (primary N) is 1. The number of nitrogens with one attached hydrogen (secondary N) is 2. The number of hydrogen-bond donors (Lipinski definition) is 3. The third-order valence-corrected chi connectivity index (χ3v) is 8.03. The number of anilines is 1. The summed E-state index contributed by atoms with van der Waals surface area (Å²) in [6.07, 6.45) is 10.1. The Balaban J connectivity index is 1.37. The van der Waals surface area contributed by atoms with Gasteiger partial charge in [0.15, 0.2) is 0 Å². The molecule has 43 heavy (non-hydrogen) atoms. The van der Waals surface area contributed by atoms with E-state index in [1.165, 1.54) is 12.1 Å². The molecule has 8 nitrogen and oxygen atoms in total. The smallest absolute Gasteiger partial charge is 0.329 e. The quantitative estimate of drug-likeness (QED) is 0.111. The van der Waals surface area contributed by atoms with Gasteiger partial charge in [0.05, 0.1) is 11.9 Å². The summed E-state index contributed by atoms with van der Waals surface area (Å²) in [4.78, 5) is 16.6. The summed E-state index contributed by atoms with van der Waals surface area (Å²) in [5.41, 5.74) is 5.58. The van der Waals surface area contributed by atoms with E-state index in [2.05, 4.69) is 15.7 Å². The van der Waals surface area contributed by atoms with Crippen LogP contribution in [-0.4, -0.2) is 46.1 Å². The van der Waals surface area contributed by atoms with Crippen LogP contribution in [0.4, 0.5) is 20.3 Å². The molecule has 6 rings (SSSR count). The zero-order valence-electron chi connectivity index (χ0n) is 23.2. The number of amides is 1. The summed E-state index contributed by atoms with van der Waals surface area (Å²) < 4.78 is 31.6. The van der Waals surface area contributed by atoms with Crippen molar-refractivity contribution in [2.45, 2.75) is 32.2 Å². The lowest BCUT2D eigenvalue weighted by Crippen LogP contribution is -2.36. The van der Waals surface area contributed by atoms with Gasteiger partial charge in [-0.1, -0.05) is 25.0 Å². The Hall–Kier alpha value is -4.51. The zero-order valence-corrected chi connectivity index (χ0v) is 24.0. The molecular formula is C31H29BClF2N7O+. The minimum atomic E-state index is -0.626. The first-order chi connectivity index (χ1) is 20.9. The average molecular weight is 600 g/mol. The van der Waals surface area contributed by atoms with Gasteiger partial charge in [-0.05, 0) is 66.4 Å². The first kappa shape index (κ1) is 28.6. The predicted molar refractivity (Wildman–Crippen MR) is 167 cm³/mol. The molecule has 0 atom stereocenters. The largest absolute Gasteiger partial charge is 0.553 e. The summed E-state index contributed by atoms with van der Waals surface area (Å²) in [5, 5.41) is 10.1. The standard InChI is InChI=1S/C31H29BClF2N7O/c33-16-30(43)39-24-7-5-21(6-8-24)31-26-9-11-28(37-17-19-13-22(34)15-23(35)14-19)41(26)32-42-27(31)10-12-29(42)38-18-25(40-36)20-3-1-2-4-20/h5-15,18,20,37H,1-4,16-17,36H2,(H,39,43)/q+1. The lowest BCUT2D eigenvalue weighted by atomic mass is 9.92. The number of carbonyl (C=O) groups is 1. The Kier molecular flexibility index (Phi) is 8.24. The number of halogens is 3. The van der Waals surface area contributed by atoms with Crippen molar-refractivity contribution in [3.8, 4) is 0 Å². The first-order valence-corrected chi connectivity index (χ1v) is 14.6. The highest BCUT2D eigenvalue weighted by Crippen LogP contribution is 2.36. The number of nitrogens with zero attached hydrogens (tertiary/aromatic N) is 4. The molecule has 0 saturated heterocycles. The molecule has 1 aromatic heterocycles. The lowest BCUT2D eigenvalue weighted by molar-refractivity contribution is -0.315. The van der Waals surface area contributed by atoms with Crippen molar-refractivity contribution in [2.75, 3.05) is 11.2 Å². The van der Waals surface area contributed by atoms with Crippen molar-refractivity contribution in [3.05, 3.63) is 101 Å². The van der Waals surface area contributed by atoms with Crippen molar-refractivity contribution < 1.29 is 18.1 Å². The molecule has 0 bridgehead atoms. The van der Waals surface area contributed by atoms with Crippen LogP contribution < -0.4 is 16.5 Å². The fourth-order valence-electron chi connectivity index (χ4n) is 5.75. The van der Waals surface area contributed by atoms with Gasteiger partial charge >= 0.3 is 7.55 Å². The molecule has 2 aromatic carbocycles. The highest BCUT2D eigenvalue weighted by molar-refractivity contribution is 6.33. The summed E-state index contributed by atoms with van der Waals surface area (Å²) in [6.45, 7) is 0.220. The number of amidine groups is 1. The number of benzene rings is 2. The van der Waals surface area contributed by atoms with Crippen LogP contribution in [-0.2, 0) is 11.3 Å². The van der Waals surface area contributed by atoms with Gasteiger partial charge in [0.2, 0.25) is 5.91 Å². The topological polar surface area (TPSA) is 99.8 Å². The normalized spacial score (nSPS) is 16.6. The highest BCUT2D eigenvalue weighted by atomic mass is 35.5. The van der Waals surface area contributed by atoms with Gasteiger partial charge in [0.25, 0.3) is 5.84 Å². The molecule has 2 aliphatic heterocycles. The summed E-state index contributed by atoms with van der Waals surface area (Å²) >= 11 is 5.65. The molecule has 1 fully saturated rings. The number of rotatable bonds is 8. The van der Waals surface area contributed by atoms with Gasteiger partial charge in [0.1, 0.15) is 35.6 Å². The predicted octanol–water partition coefficient (Wildman–Crippen LogP) is 5.08. The van der Waals surface area contributed by atoms with Crippen LogP contribution in [0.3, 0.4) is 0 Å². The van der Waals surface area contributed by atoms with Gasteiger partial charge in [-0.2, -0.15) is 5.10 Å². The molecule has 3 aromatic rings. The Morgan fingerprint density at radius 1 is 1.09 bits per heavy atom. The molecule has 1 amide bonds. The lowest BCUT2D eigenvalue weighted by Gasteiger charge is -2.21. The number of allylic oxidation sites excluding steroid dienone is 1. The second-order valence-corrected chi connectivity index (χ2v) is 10.9. The average Bonchev–Trinajstić information content (AvgIpc) is 3.76. The van der Waals surface area contributed by atoms with E-state index >= 15 is 0 Å². The van der Waals surface area contributed by atoms with Crippen molar-refractivity contribution in [2.24, 2.45) is 21.9 Å². The van der Waals surface area contributed by atoms with Crippen LogP contribution in [0, 0.1) is 17.6 Å². The second kappa shape index (κ2) is 12.4. The van der Waals surface area contributed by atoms with E-state index in [1.54, 1.807) is 6.21 Å². The molecule has 1 aliphatic carbocycles. The number of fused-ring (bicyclic) bond motifs is 2. The molecule has 12 heteroatoms. The highest BCUT2D eigenvalue weighted by Gasteiger charge is 2.34. The molecule has 1 saturated carbocycles. The maximum atomic E-state index is 13.8. The molecule has 1 radical (unpaired) electrons. The number of hydrazone groups is 1. The van der Waals surface area contributed by atoms with E-state index in [0.717, 1.165) is 65.8 Å². The Labute approximate surface area is 253 Å². The van der Waals surface area contributed by atoms with E-state index in [9.17, 15) is 13.6 Å². The molecular weight excluding hydrogens is 571 g/mol. The van der Waals surface area contributed by atoms with Gasteiger partial charge in [0, 0.05) is 35.0 Å². The Morgan fingerprint density at radius 3 is 2.53 bits per heavy atom. The monoisotopic (exact) mass is 599 g/mol. The number of aliphatic imine (C=N–C) groups is 1. The van der Waals surface area contributed by atoms with Crippen LogP contribution >= 0.6 is 11.6 Å². The number of aromatic nitrogens is 1. The SMILES string of the molecule is NN=C(C=Nc1ccc2n1[B][N+]1=C(NCc3cc(F)cc(F)c3)C=CC1=C2c1ccc(NC(=O)CCl)cc1)C1CCCC1. The van der Waals surface area contributed by atoms with Gasteiger partial charge < -0.3 is 15.6 Å². The minimum absolute atomic E-state index is 0.130. The second-order valence-electron chi connectivity index (χ2n) is 10.6. The minimum Gasteiger partial charge on any atom is -0.329 e. The fourth-order valence-corrected chi connectivity index (χ4v) is 5.82. The van der Waals surface area contributed by atoms with E-state index in [-0.39, 0.29) is 18.3 Å². The van der Waals surface area contributed by atoms with Gasteiger partial charge in [-0.15, -0.1) is 11.6 Å². The van der Waals surface area contributed by atoms with E-state index < -0.39 is 11.6 Å². The van der Waals surface area contributed by atoms with Gasteiger partial charge in [-0.3, -0.25) is 14.6 Å². The molecule has 4 N–H and O–H groups in total. The molecule has 3 aliphatic rings. The number of alkyl halides is 1. The molecule has 3 heterocycles. The maximum absolute atomic E-state index is 13.8. The zero-order chi connectivity index (χ0) is 29.9. The van der Waals surface area contributed by atoms with Crippen molar-refractivity contribution >= 4 is 59.9 Å². The molecule has 217 valence electrons. The van der Waals surface area contributed by atoms with Crippen LogP contribution in [0.2, 0.25) is 0 Å². The van der Waals surface area contributed by atoms with Crippen LogP contribution in [0.1, 0.15) is 42.5 Å². The van der Waals surface area contributed by atoms with Crippen LogP contribution in [0.15, 0.2) is 82.5 Å². The van der Waals surface area contributed by atoms with Crippen molar-refractivity contribution in [1.82, 2.24) is 9.79 Å².